The first-order valence-corrected chi connectivity index (χ1v) is 21.2. The standard InChI is InChI=1S/C44H68N4O6S/c1-13-29(4)35(25-39(51)38-21-17-18-22-48(38,12)44(8,9)10)43(53)47(11)37(28(2)3)26-40(54-32(7)50)42-46-36(27-55-42)41(52)45-34(23-30(5)31(6)49)24-33-19-15-14-16-20-33/h14-16,19-20,27-30,34-35,37-38,40H,13,17-18,21-26H2,1-12H3/p+1/t29-,30-,34+,35-,37+,38+,40+,48?/m0/s1. The molecule has 1 N–H and O–H groups in total. The van der Waals surface area contributed by atoms with E-state index in [1.165, 1.54) is 18.3 Å². The summed E-state index contributed by atoms with van der Waals surface area (Å²) < 4.78 is 6.53. The van der Waals surface area contributed by atoms with Gasteiger partial charge in [-0.25, -0.2) is 4.98 Å². The molecule has 1 aliphatic rings. The average Bonchev–Trinajstić information content (AvgIpc) is 3.62. The van der Waals surface area contributed by atoms with Gasteiger partial charge in [-0.1, -0.05) is 71.4 Å². The molecule has 0 radical (unpaired) electrons. The molecule has 1 aromatic heterocycles. The lowest BCUT2D eigenvalue weighted by Gasteiger charge is -2.52. The fraction of sp³-hybridized carbons (Fsp3) is 0.682. The summed E-state index contributed by atoms with van der Waals surface area (Å²) in [5.41, 5.74) is 1.15. The van der Waals surface area contributed by atoms with Crippen molar-refractivity contribution in [2.24, 2.45) is 23.7 Å². The Hall–Kier alpha value is -3.44. The van der Waals surface area contributed by atoms with Gasteiger partial charge < -0.3 is 19.4 Å². The van der Waals surface area contributed by atoms with Crippen molar-refractivity contribution >= 4 is 40.7 Å². The Balaban J connectivity index is 1.85. The Labute approximate surface area is 334 Å². The number of esters is 1. The Morgan fingerprint density at radius 3 is 2.24 bits per heavy atom. The van der Waals surface area contributed by atoms with E-state index in [4.69, 9.17) is 4.74 Å². The minimum atomic E-state index is -0.791. The number of amides is 2. The molecule has 306 valence electrons. The maximum Gasteiger partial charge on any atom is 0.303 e. The molecule has 1 aliphatic heterocycles. The first-order chi connectivity index (χ1) is 25.7. The number of hydrogen-bond acceptors (Lipinski definition) is 8. The highest BCUT2D eigenvalue weighted by Crippen LogP contribution is 2.37. The number of likely N-dealkylation sites (tertiary alicyclic amines) is 1. The quantitative estimate of drug-likeness (QED) is 0.113. The summed E-state index contributed by atoms with van der Waals surface area (Å²) in [5.74, 6) is -1.42. The molecule has 8 atom stereocenters. The van der Waals surface area contributed by atoms with E-state index >= 15 is 0 Å². The zero-order valence-electron chi connectivity index (χ0n) is 35.6. The minimum absolute atomic E-state index is 0.00264. The molecule has 1 saturated heterocycles. The Morgan fingerprint density at radius 2 is 1.67 bits per heavy atom. The number of Topliss-reactive ketones (excluding diaryl/α,β-unsaturated/α-hetero) is 2. The molecule has 0 aliphatic carbocycles. The number of aromatic nitrogens is 1. The second-order valence-corrected chi connectivity index (χ2v) is 18.5. The number of nitrogens with zero attached hydrogens (tertiary/aromatic N) is 3. The zero-order chi connectivity index (χ0) is 41.2. The van der Waals surface area contributed by atoms with Gasteiger partial charge in [0.2, 0.25) is 5.91 Å². The topological polar surface area (TPSA) is 123 Å². The first-order valence-electron chi connectivity index (χ1n) is 20.3. The number of likely N-dealkylation sites (N-methyl/N-ethyl adjacent to an activating group) is 1. The van der Waals surface area contributed by atoms with Crippen LogP contribution in [0, 0.1) is 23.7 Å². The molecule has 1 aromatic carbocycles. The molecule has 0 bridgehead atoms. The van der Waals surface area contributed by atoms with Crippen LogP contribution in [0.3, 0.4) is 0 Å². The highest BCUT2D eigenvalue weighted by atomic mass is 32.1. The molecule has 0 saturated carbocycles. The van der Waals surface area contributed by atoms with Crippen molar-refractivity contribution in [3.05, 3.63) is 52.0 Å². The van der Waals surface area contributed by atoms with Gasteiger partial charge in [0.15, 0.2) is 11.9 Å². The molecule has 2 aromatic rings. The van der Waals surface area contributed by atoms with Crippen molar-refractivity contribution in [3.8, 4) is 0 Å². The lowest BCUT2D eigenvalue weighted by Crippen LogP contribution is -2.67. The summed E-state index contributed by atoms with van der Waals surface area (Å²) in [7, 11) is 3.99. The lowest BCUT2D eigenvalue weighted by molar-refractivity contribution is -0.971. The molecule has 1 fully saturated rings. The molecule has 10 nitrogen and oxygen atoms in total. The number of quaternary nitrogens is 1. The Morgan fingerprint density at radius 1 is 1.02 bits per heavy atom. The van der Waals surface area contributed by atoms with E-state index in [-0.39, 0.29) is 83.3 Å². The first kappa shape index (κ1) is 45.9. The SMILES string of the molecule is CC[C@H](C)[C@H](CC(=O)[C@H]1CCCC[N+]1(C)C(C)(C)C)C(=O)N(C)[C@H](C[C@@H](OC(C)=O)c1nc(C(=O)N[C@@H](Cc2ccccc2)C[C@H](C)C(C)=O)cs1)C(C)C. The number of rotatable bonds is 19. The second-order valence-electron chi connectivity index (χ2n) is 17.6. The second kappa shape index (κ2) is 20.1. The number of hydrogen-bond donors (Lipinski definition) is 1. The fourth-order valence-corrected chi connectivity index (χ4v) is 8.91. The van der Waals surface area contributed by atoms with Crippen molar-refractivity contribution in [1.29, 1.82) is 0 Å². The summed E-state index contributed by atoms with van der Waals surface area (Å²) in [6, 6.07) is 9.05. The molecule has 2 amide bonds. The van der Waals surface area contributed by atoms with E-state index in [2.05, 4.69) is 52.0 Å². The third kappa shape index (κ3) is 12.3. The molecule has 2 heterocycles. The van der Waals surface area contributed by atoms with Crippen molar-refractivity contribution in [3.63, 3.8) is 0 Å². The Kier molecular flexibility index (Phi) is 16.8. The highest BCUT2D eigenvalue weighted by Gasteiger charge is 2.49. The third-order valence-electron chi connectivity index (χ3n) is 12.4. The lowest BCUT2D eigenvalue weighted by atomic mass is 9.81. The summed E-state index contributed by atoms with van der Waals surface area (Å²) in [5, 5.41) is 5.22. The summed E-state index contributed by atoms with van der Waals surface area (Å²) in [6.07, 6.45) is 4.44. The van der Waals surface area contributed by atoms with Crippen LogP contribution in [0.2, 0.25) is 0 Å². The van der Waals surface area contributed by atoms with Gasteiger partial charge in [0.05, 0.1) is 19.1 Å². The summed E-state index contributed by atoms with van der Waals surface area (Å²) >= 11 is 1.24. The van der Waals surface area contributed by atoms with Crippen molar-refractivity contribution in [2.45, 2.75) is 150 Å². The van der Waals surface area contributed by atoms with E-state index in [9.17, 15) is 24.0 Å². The molecular formula is C44H69N4O6S+. The van der Waals surface area contributed by atoms with Gasteiger partial charge in [0, 0.05) is 62.5 Å². The van der Waals surface area contributed by atoms with Gasteiger partial charge in [0.25, 0.3) is 5.91 Å². The van der Waals surface area contributed by atoms with Crippen LogP contribution in [0.1, 0.15) is 141 Å². The van der Waals surface area contributed by atoms with E-state index < -0.39 is 18.0 Å². The predicted molar refractivity (Wildman–Crippen MR) is 220 cm³/mol. The highest BCUT2D eigenvalue weighted by molar-refractivity contribution is 7.09. The molecule has 0 spiro atoms. The van der Waals surface area contributed by atoms with E-state index in [1.54, 1.807) is 24.3 Å². The number of ketones is 2. The number of piperidine rings is 1. The van der Waals surface area contributed by atoms with Gasteiger partial charge in [-0.2, -0.15) is 0 Å². The van der Waals surface area contributed by atoms with E-state index in [0.29, 0.717) is 22.3 Å². The van der Waals surface area contributed by atoms with E-state index in [0.717, 1.165) is 37.8 Å². The number of benzene rings is 1. The number of ether oxygens (including phenoxy) is 1. The smallest absolute Gasteiger partial charge is 0.303 e. The van der Waals surface area contributed by atoms with Gasteiger partial charge in [-0.05, 0) is 70.8 Å². The van der Waals surface area contributed by atoms with Crippen LogP contribution in [0.4, 0.5) is 0 Å². The van der Waals surface area contributed by atoms with Crippen LogP contribution >= 0.6 is 11.3 Å². The summed E-state index contributed by atoms with van der Waals surface area (Å²) in [6.45, 7) is 20.5. The largest absolute Gasteiger partial charge is 0.455 e. The van der Waals surface area contributed by atoms with Crippen LogP contribution < -0.4 is 5.32 Å². The van der Waals surface area contributed by atoms with Crippen molar-refractivity contribution in [2.75, 3.05) is 20.6 Å². The molecular weight excluding hydrogens is 713 g/mol. The molecule has 3 rings (SSSR count). The van der Waals surface area contributed by atoms with Gasteiger partial charge >= 0.3 is 5.97 Å². The predicted octanol–water partition coefficient (Wildman–Crippen LogP) is 8.00. The normalized spacial score (nSPS) is 20.8. The molecule has 1 unspecified atom stereocenters. The van der Waals surface area contributed by atoms with Gasteiger partial charge in [-0.3, -0.25) is 24.0 Å². The van der Waals surface area contributed by atoms with Crippen LogP contribution in [0.25, 0.3) is 0 Å². The zero-order valence-corrected chi connectivity index (χ0v) is 36.5. The fourth-order valence-electron chi connectivity index (χ4n) is 8.07. The van der Waals surface area contributed by atoms with Crippen LogP contribution in [-0.4, -0.2) is 88.0 Å². The number of carbonyl (C=O) groups is 5. The summed E-state index contributed by atoms with van der Waals surface area (Å²) in [4.78, 5) is 73.4. The van der Waals surface area contributed by atoms with Gasteiger partial charge in [0.1, 0.15) is 22.5 Å². The maximum absolute atomic E-state index is 14.5. The third-order valence-corrected chi connectivity index (χ3v) is 13.3. The molecule has 55 heavy (non-hydrogen) atoms. The molecule has 11 heteroatoms. The van der Waals surface area contributed by atoms with Crippen LogP contribution in [0.5, 0.6) is 0 Å². The van der Waals surface area contributed by atoms with Crippen LogP contribution in [-0.2, 0) is 30.3 Å². The van der Waals surface area contributed by atoms with Crippen LogP contribution in [0.15, 0.2) is 35.7 Å². The Bertz CT molecular complexity index is 1600. The number of carbonyl (C=O) groups excluding carboxylic acids is 5. The number of nitrogens with one attached hydrogen (secondary N) is 1. The average molecular weight is 782 g/mol. The monoisotopic (exact) mass is 781 g/mol. The van der Waals surface area contributed by atoms with Crippen molar-refractivity contribution in [1.82, 2.24) is 15.2 Å². The van der Waals surface area contributed by atoms with Gasteiger partial charge in [-0.15, -0.1) is 11.3 Å². The number of thiazole rings is 1. The van der Waals surface area contributed by atoms with Crippen molar-refractivity contribution < 1.29 is 33.2 Å². The minimum Gasteiger partial charge on any atom is -0.455 e. The maximum atomic E-state index is 14.5. The van der Waals surface area contributed by atoms with E-state index in [1.807, 2.05) is 51.1 Å².